The third-order valence-electron chi connectivity index (χ3n) is 5.38. The molecule has 9 nitrogen and oxygen atoms in total. The minimum Gasteiger partial charge on any atom is -0.504 e. The lowest BCUT2D eigenvalue weighted by molar-refractivity contribution is 0.0964. The number of benzene rings is 2. The smallest absolute Gasteiger partial charge is 0.253 e. The summed E-state index contributed by atoms with van der Waals surface area (Å²) in [6.07, 6.45) is 1.35. The van der Waals surface area contributed by atoms with Crippen molar-refractivity contribution in [1.82, 2.24) is 10.3 Å². The number of hydrogen-bond donors (Lipinski definition) is 4. The number of amides is 1. The molecule has 1 aromatic heterocycles. The van der Waals surface area contributed by atoms with E-state index in [4.69, 9.17) is 9.47 Å². The largest absolute Gasteiger partial charge is 0.504 e. The van der Waals surface area contributed by atoms with Gasteiger partial charge < -0.3 is 35.4 Å². The number of carbonyl (C=O) groups excluding carboxylic acids is 1. The van der Waals surface area contributed by atoms with Gasteiger partial charge in [0.15, 0.2) is 5.75 Å². The fourth-order valence-electron chi connectivity index (χ4n) is 3.63. The number of aromatic hydroxyl groups is 1. The van der Waals surface area contributed by atoms with Crippen LogP contribution in [-0.2, 0) is 4.74 Å². The molecule has 0 bridgehead atoms. The molecule has 0 radical (unpaired) electrons. The maximum absolute atomic E-state index is 12.2. The summed E-state index contributed by atoms with van der Waals surface area (Å²) in [7, 11) is 3.19. The molecule has 9 heteroatoms. The van der Waals surface area contributed by atoms with Crippen LogP contribution in [0.2, 0.25) is 0 Å². The van der Waals surface area contributed by atoms with E-state index in [2.05, 4.69) is 25.8 Å². The van der Waals surface area contributed by atoms with E-state index in [1.165, 1.54) is 6.20 Å². The highest BCUT2D eigenvalue weighted by atomic mass is 16.5. The summed E-state index contributed by atoms with van der Waals surface area (Å²) in [6, 6.07) is 14.7. The molecular weight excluding hydrogens is 422 g/mol. The van der Waals surface area contributed by atoms with Crippen molar-refractivity contribution in [3.63, 3.8) is 0 Å². The molecule has 33 heavy (non-hydrogen) atoms. The average molecular weight is 450 g/mol. The molecule has 0 spiro atoms. The number of methoxy groups -OCH3 is 1. The van der Waals surface area contributed by atoms with Crippen LogP contribution in [-0.4, -0.2) is 56.5 Å². The summed E-state index contributed by atoms with van der Waals surface area (Å²) in [5.41, 5.74) is 3.24. The Bertz CT molecular complexity index is 1130. The zero-order chi connectivity index (χ0) is 23.2. The van der Waals surface area contributed by atoms with Gasteiger partial charge in [0.1, 0.15) is 11.6 Å². The van der Waals surface area contributed by atoms with Crippen LogP contribution in [0.15, 0.2) is 54.7 Å². The minimum absolute atomic E-state index is 0.0399. The first-order chi connectivity index (χ1) is 16.1. The lowest BCUT2D eigenvalue weighted by Gasteiger charge is -2.29. The highest BCUT2D eigenvalue weighted by molar-refractivity contribution is 6.00. The first-order valence-electron chi connectivity index (χ1n) is 10.6. The van der Waals surface area contributed by atoms with Crippen molar-refractivity contribution >= 4 is 34.5 Å². The molecule has 4 N–H and O–H groups in total. The van der Waals surface area contributed by atoms with E-state index >= 15 is 0 Å². The van der Waals surface area contributed by atoms with Crippen molar-refractivity contribution in [2.75, 3.05) is 56.0 Å². The molecule has 0 saturated carbocycles. The molecule has 4 rings (SSSR count). The standard InChI is InChI=1S/C24H27N5O4/c1-25-24(31)17-5-3-4-6-18(17)27-20-14-23(26-15-21(20)30)28-19-8-7-16(13-22(19)32-2)29-9-11-33-12-10-29/h3-8,13-15,30H,9-12H2,1-2H3,(H,25,31)(H2,26,27,28). The lowest BCUT2D eigenvalue weighted by atomic mass is 10.1. The normalized spacial score (nSPS) is 13.3. The predicted octanol–water partition coefficient (Wildman–Crippen LogP) is 3.48. The third-order valence-corrected chi connectivity index (χ3v) is 5.38. The number of hydrogen-bond acceptors (Lipinski definition) is 8. The molecule has 0 atom stereocenters. The van der Waals surface area contributed by atoms with Gasteiger partial charge in [0.2, 0.25) is 0 Å². The van der Waals surface area contributed by atoms with E-state index in [1.54, 1.807) is 38.4 Å². The van der Waals surface area contributed by atoms with Crippen molar-refractivity contribution in [2.45, 2.75) is 0 Å². The van der Waals surface area contributed by atoms with E-state index in [0.29, 0.717) is 41.7 Å². The van der Waals surface area contributed by atoms with Crippen molar-refractivity contribution in [3.05, 3.63) is 60.3 Å². The van der Waals surface area contributed by atoms with Crippen molar-refractivity contribution in [2.24, 2.45) is 0 Å². The van der Waals surface area contributed by atoms with E-state index in [0.717, 1.165) is 24.5 Å². The number of para-hydroxylation sites is 1. The first kappa shape index (κ1) is 22.2. The van der Waals surface area contributed by atoms with Gasteiger partial charge in [-0.1, -0.05) is 12.1 Å². The van der Waals surface area contributed by atoms with Crippen LogP contribution in [0.3, 0.4) is 0 Å². The number of rotatable bonds is 7. The van der Waals surface area contributed by atoms with Crippen molar-refractivity contribution in [3.8, 4) is 11.5 Å². The molecule has 1 aliphatic heterocycles. The second-order valence-corrected chi connectivity index (χ2v) is 7.45. The molecule has 1 fully saturated rings. The number of nitrogens with zero attached hydrogens (tertiary/aromatic N) is 2. The lowest BCUT2D eigenvalue weighted by Crippen LogP contribution is -2.36. The monoisotopic (exact) mass is 449 g/mol. The van der Waals surface area contributed by atoms with Gasteiger partial charge in [-0.3, -0.25) is 4.79 Å². The van der Waals surface area contributed by atoms with Gasteiger partial charge in [0.05, 0.1) is 49.1 Å². The number of aromatic nitrogens is 1. The van der Waals surface area contributed by atoms with Crippen LogP contribution in [0.1, 0.15) is 10.4 Å². The summed E-state index contributed by atoms with van der Waals surface area (Å²) >= 11 is 0. The summed E-state index contributed by atoms with van der Waals surface area (Å²) < 4.78 is 11.0. The van der Waals surface area contributed by atoms with E-state index in [-0.39, 0.29) is 11.7 Å². The van der Waals surface area contributed by atoms with Gasteiger partial charge in [-0.25, -0.2) is 4.98 Å². The fraction of sp³-hybridized carbons (Fsp3) is 0.250. The zero-order valence-corrected chi connectivity index (χ0v) is 18.6. The number of ether oxygens (including phenoxy) is 2. The molecule has 0 unspecified atom stereocenters. The van der Waals surface area contributed by atoms with Gasteiger partial charge in [-0.15, -0.1) is 0 Å². The van der Waals surface area contributed by atoms with Gasteiger partial charge >= 0.3 is 0 Å². The maximum Gasteiger partial charge on any atom is 0.253 e. The number of pyridine rings is 1. The molecule has 172 valence electrons. The molecular formula is C24H27N5O4. The summed E-state index contributed by atoms with van der Waals surface area (Å²) in [5.74, 6) is 0.912. The fourth-order valence-corrected chi connectivity index (χ4v) is 3.63. The topological polar surface area (TPSA) is 108 Å². The Morgan fingerprint density at radius 3 is 2.61 bits per heavy atom. The molecule has 3 aromatic rings. The Morgan fingerprint density at radius 2 is 1.85 bits per heavy atom. The molecule has 1 aliphatic rings. The molecule has 0 aliphatic carbocycles. The van der Waals surface area contributed by atoms with Crippen molar-refractivity contribution in [1.29, 1.82) is 0 Å². The van der Waals surface area contributed by atoms with Gasteiger partial charge in [-0.05, 0) is 24.3 Å². The Balaban J connectivity index is 1.57. The minimum atomic E-state index is -0.227. The van der Waals surface area contributed by atoms with Gasteiger partial charge in [-0.2, -0.15) is 0 Å². The molecule has 2 aromatic carbocycles. The Morgan fingerprint density at radius 1 is 1.06 bits per heavy atom. The van der Waals surface area contributed by atoms with Crippen LogP contribution >= 0.6 is 0 Å². The molecule has 1 amide bonds. The first-order valence-corrected chi connectivity index (χ1v) is 10.6. The van der Waals surface area contributed by atoms with Gasteiger partial charge in [0.25, 0.3) is 5.91 Å². The zero-order valence-electron chi connectivity index (χ0n) is 18.6. The van der Waals surface area contributed by atoms with Crippen LogP contribution in [0.5, 0.6) is 11.5 Å². The van der Waals surface area contributed by atoms with Crippen LogP contribution < -0.4 is 25.6 Å². The number of nitrogens with one attached hydrogen (secondary N) is 3. The van der Waals surface area contributed by atoms with Crippen molar-refractivity contribution < 1.29 is 19.4 Å². The predicted molar refractivity (Wildman–Crippen MR) is 128 cm³/mol. The highest BCUT2D eigenvalue weighted by Crippen LogP contribution is 2.34. The second-order valence-electron chi connectivity index (χ2n) is 7.45. The molecule has 2 heterocycles. The SMILES string of the molecule is CNC(=O)c1ccccc1Nc1cc(Nc2ccc(N3CCOCC3)cc2OC)ncc1O. The maximum atomic E-state index is 12.2. The quantitative estimate of drug-likeness (QED) is 0.434. The van der Waals surface area contributed by atoms with Crippen LogP contribution in [0.25, 0.3) is 0 Å². The summed E-state index contributed by atoms with van der Waals surface area (Å²) in [4.78, 5) is 18.7. The second kappa shape index (κ2) is 10.1. The summed E-state index contributed by atoms with van der Waals surface area (Å²) in [5, 5.41) is 19.3. The Kier molecular flexibility index (Phi) is 6.80. The molecule has 1 saturated heterocycles. The Hall–Kier alpha value is -3.98. The number of anilines is 5. The van der Waals surface area contributed by atoms with E-state index in [9.17, 15) is 9.90 Å². The van der Waals surface area contributed by atoms with E-state index in [1.807, 2.05) is 24.3 Å². The van der Waals surface area contributed by atoms with Gasteiger partial charge in [0, 0.05) is 38.0 Å². The Labute approximate surface area is 192 Å². The van der Waals surface area contributed by atoms with E-state index < -0.39 is 0 Å². The average Bonchev–Trinajstić information content (AvgIpc) is 2.86. The number of morpholine rings is 1. The number of carbonyl (C=O) groups is 1. The van der Waals surface area contributed by atoms with Crippen LogP contribution in [0.4, 0.5) is 28.6 Å². The summed E-state index contributed by atoms with van der Waals surface area (Å²) in [6.45, 7) is 3.08. The third kappa shape index (κ3) is 5.09. The van der Waals surface area contributed by atoms with Crippen LogP contribution in [0, 0.1) is 0 Å². The highest BCUT2D eigenvalue weighted by Gasteiger charge is 2.15.